The summed E-state index contributed by atoms with van der Waals surface area (Å²) in [6.45, 7) is 9.34. The van der Waals surface area contributed by atoms with Gasteiger partial charge in [-0.1, -0.05) is 5.16 Å². The Balaban J connectivity index is 1.78. The number of carbonyl (C=O) groups is 1. The lowest BCUT2D eigenvalue weighted by atomic mass is 9.94. The number of carbonyl (C=O) groups excluding carboxylic acids is 1. The Morgan fingerprint density at radius 1 is 1.38 bits per heavy atom. The minimum Gasteiger partial charge on any atom is -0.361 e. The van der Waals surface area contributed by atoms with Crippen LogP contribution in [-0.2, 0) is 11.3 Å². The number of rotatable bonds is 4. The Hall–Kier alpha value is -2.11. The average Bonchev–Trinajstić information content (AvgIpc) is 3.12. The highest BCUT2D eigenvalue weighted by Crippen LogP contribution is 2.28. The Morgan fingerprint density at radius 2 is 2.17 bits per heavy atom. The number of amides is 1. The molecule has 0 spiro atoms. The summed E-state index contributed by atoms with van der Waals surface area (Å²) in [5, 5.41) is 8.37. The van der Waals surface area contributed by atoms with E-state index < -0.39 is 0 Å². The number of nitrogens with zero attached hydrogens (tertiary/aromatic N) is 4. The highest BCUT2D eigenvalue weighted by atomic mass is 16.5. The molecular formula is C18H26N4O2. The Bertz CT molecular complexity index is 699. The van der Waals surface area contributed by atoms with Crippen LogP contribution in [0.3, 0.4) is 0 Å². The molecule has 2 atom stereocenters. The predicted molar refractivity (Wildman–Crippen MR) is 90.7 cm³/mol. The number of piperidine rings is 1. The fourth-order valence-corrected chi connectivity index (χ4v) is 3.74. The molecule has 24 heavy (non-hydrogen) atoms. The maximum atomic E-state index is 13.1. The lowest BCUT2D eigenvalue weighted by Gasteiger charge is -2.37. The minimum atomic E-state index is -0.226. The quantitative estimate of drug-likeness (QED) is 0.864. The van der Waals surface area contributed by atoms with Crippen molar-refractivity contribution >= 4 is 5.91 Å². The summed E-state index contributed by atoms with van der Waals surface area (Å²) < 4.78 is 7.19. The summed E-state index contributed by atoms with van der Waals surface area (Å²) in [5.74, 6) is 0.679. The van der Waals surface area contributed by atoms with Gasteiger partial charge in [0.15, 0.2) is 0 Å². The fraction of sp³-hybridized carbons (Fsp3) is 0.611. The third kappa shape index (κ3) is 3.23. The van der Waals surface area contributed by atoms with E-state index in [-0.39, 0.29) is 17.9 Å². The maximum absolute atomic E-state index is 13.1. The first kappa shape index (κ1) is 16.7. The molecule has 1 saturated heterocycles. The van der Waals surface area contributed by atoms with Gasteiger partial charge in [0, 0.05) is 18.3 Å². The van der Waals surface area contributed by atoms with Crippen molar-refractivity contribution in [3.63, 3.8) is 0 Å². The van der Waals surface area contributed by atoms with Crippen molar-refractivity contribution < 1.29 is 9.32 Å². The summed E-state index contributed by atoms with van der Waals surface area (Å²) in [6.07, 6.45) is 7.15. The van der Waals surface area contributed by atoms with Gasteiger partial charge in [0.05, 0.1) is 30.4 Å². The molecule has 0 radical (unpaired) electrons. The van der Waals surface area contributed by atoms with Crippen molar-refractivity contribution in [3.8, 4) is 0 Å². The van der Waals surface area contributed by atoms with E-state index in [9.17, 15) is 4.79 Å². The zero-order valence-corrected chi connectivity index (χ0v) is 15.0. The topological polar surface area (TPSA) is 64.2 Å². The summed E-state index contributed by atoms with van der Waals surface area (Å²) in [4.78, 5) is 15.2. The number of aryl methyl sites for hydroxylation is 3. The summed E-state index contributed by atoms with van der Waals surface area (Å²) >= 11 is 0. The molecule has 0 unspecified atom stereocenters. The molecule has 0 N–H and O–H groups in total. The Morgan fingerprint density at radius 3 is 2.79 bits per heavy atom. The molecule has 1 fully saturated rings. The third-order valence-electron chi connectivity index (χ3n) is 4.96. The molecule has 1 aliphatic heterocycles. The van der Waals surface area contributed by atoms with E-state index in [1.165, 1.54) is 0 Å². The second kappa shape index (κ2) is 6.79. The van der Waals surface area contributed by atoms with Gasteiger partial charge in [0.1, 0.15) is 5.76 Å². The molecule has 0 aliphatic carbocycles. The van der Waals surface area contributed by atoms with Gasteiger partial charge in [-0.3, -0.25) is 9.48 Å². The lowest BCUT2D eigenvalue weighted by Crippen LogP contribution is -2.47. The van der Waals surface area contributed by atoms with Crippen LogP contribution in [0.25, 0.3) is 0 Å². The number of hydrogen-bond acceptors (Lipinski definition) is 4. The first-order valence-electron chi connectivity index (χ1n) is 8.69. The molecular weight excluding hydrogens is 304 g/mol. The smallest absolute Gasteiger partial charge is 0.230 e. The number of aromatic nitrogens is 3. The van der Waals surface area contributed by atoms with Crippen molar-refractivity contribution in [1.29, 1.82) is 0 Å². The first-order valence-corrected chi connectivity index (χ1v) is 8.69. The summed E-state index contributed by atoms with van der Waals surface area (Å²) in [5.41, 5.74) is 2.89. The second-order valence-electron chi connectivity index (χ2n) is 6.88. The van der Waals surface area contributed by atoms with Gasteiger partial charge in [-0.15, -0.1) is 0 Å². The average molecular weight is 330 g/mol. The molecule has 2 aromatic rings. The molecule has 0 aromatic carbocycles. The molecule has 3 rings (SSSR count). The molecule has 130 valence electrons. The normalized spacial score (nSPS) is 19.5. The highest BCUT2D eigenvalue weighted by molar-refractivity contribution is 5.84. The monoisotopic (exact) mass is 330 g/mol. The van der Waals surface area contributed by atoms with Gasteiger partial charge >= 0.3 is 0 Å². The molecule has 1 amide bonds. The lowest BCUT2D eigenvalue weighted by molar-refractivity contribution is -0.136. The molecule has 0 bridgehead atoms. The zero-order valence-electron chi connectivity index (χ0n) is 15.0. The van der Waals surface area contributed by atoms with Crippen molar-refractivity contribution in [2.75, 3.05) is 6.54 Å². The van der Waals surface area contributed by atoms with E-state index in [1.54, 1.807) is 0 Å². The van der Waals surface area contributed by atoms with Crippen molar-refractivity contribution in [2.24, 2.45) is 0 Å². The Labute approximate surface area is 142 Å². The van der Waals surface area contributed by atoms with Crippen LogP contribution in [0.15, 0.2) is 16.9 Å². The van der Waals surface area contributed by atoms with Gasteiger partial charge in [0.25, 0.3) is 0 Å². The predicted octanol–water partition coefficient (Wildman–Crippen LogP) is 2.98. The molecule has 3 heterocycles. The maximum Gasteiger partial charge on any atom is 0.230 e. The highest BCUT2D eigenvalue weighted by Gasteiger charge is 2.32. The van der Waals surface area contributed by atoms with E-state index in [1.807, 2.05) is 49.7 Å². The van der Waals surface area contributed by atoms with Gasteiger partial charge in [-0.2, -0.15) is 5.10 Å². The van der Waals surface area contributed by atoms with E-state index in [2.05, 4.69) is 10.3 Å². The number of hydrogen-bond donors (Lipinski definition) is 0. The SMILES string of the molecule is Cc1cnn(C[C@@H]2CCCCN2C(=O)[C@H](C)c2c(C)noc2C)c1. The van der Waals surface area contributed by atoms with Crippen molar-refractivity contribution in [3.05, 3.63) is 35.0 Å². The molecule has 1 aliphatic rings. The van der Waals surface area contributed by atoms with Crippen LogP contribution in [0, 0.1) is 20.8 Å². The fourth-order valence-electron chi connectivity index (χ4n) is 3.74. The van der Waals surface area contributed by atoms with Crippen LogP contribution in [0.1, 0.15) is 54.7 Å². The Kier molecular flexibility index (Phi) is 4.73. The van der Waals surface area contributed by atoms with Gasteiger partial charge in [-0.25, -0.2) is 0 Å². The van der Waals surface area contributed by atoms with E-state index in [4.69, 9.17) is 4.52 Å². The largest absolute Gasteiger partial charge is 0.361 e. The van der Waals surface area contributed by atoms with Crippen LogP contribution in [-0.4, -0.2) is 38.3 Å². The van der Waals surface area contributed by atoms with Gasteiger partial charge < -0.3 is 9.42 Å². The summed E-state index contributed by atoms with van der Waals surface area (Å²) in [6, 6.07) is 0.202. The van der Waals surface area contributed by atoms with Crippen molar-refractivity contribution in [1.82, 2.24) is 19.8 Å². The van der Waals surface area contributed by atoms with Crippen molar-refractivity contribution in [2.45, 2.75) is 65.5 Å². The van der Waals surface area contributed by atoms with Gasteiger partial charge in [-0.05, 0) is 52.5 Å². The second-order valence-corrected chi connectivity index (χ2v) is 6.88. The standard InChI is InChI=1S/C18H26N4O2/c1-12-9-19-21(10-12)11-16-7-5-6-8-22(16)18(23)13(2)17-14(3)20-24-15(17)4/h9-10,13,16H,5-8,11H2,1-4H3/t13-,16+/m1/s1. The third-order valence-corrected chi connectivity index (χ3v) is 4.96. The molecule has 2 aromatic heterocycles. The van der Waals surface area contributed by atoms with Crippen LogP contribution < -0.4 is 0 Å². The van der Waals surface area contributed by atoms with Gasteiger partial charge in [0.2, 0.25) is 5.91 Å². The molecule has 6 heteroatoms. The molecule has 0 saturated carbocycles. The zero-order chi connectivity index (χ0) is 17.3. The number of likely N-dealkylation sites (tertiary alicyclic amines) is 1. The van der Waals surface area contributed by atoms with E-state index >= 15 is 0 Å². The van der Waals surface area contributed by atoms with Crippen LogP contribution in [0.2, 0.25) is 0 Å². The summed E-state index contributed by atoms with van der Waals surface area (Å²) in [7, 11) is 0. The van der Waals surface area contributed by atoms with Crippen LogP contribution in [0.5, 0.6) is 0 Å². The molecule has 6 nitrogen and oxygen atoms in total. The van der Waals surface area contributed by atoms with Crippen LogP contribution in [0.4, 0.5) is 0 Å². The van der Waals surface area contributed by atoms with Crippen LogP contribution >= 0.6 is 0 Å². The minimum absolute atomic E-state index is 0.165. The van der Waals surface area contributed by atoms with E-state index in [0.717, 1.165) is 54.9 Å². The first-order chi connectivity index (χ1) is 11.5. The van der Waals surface area contributed by atoms with E-state index in [0.29, 0.717) is 0 Å².